The third-order valence-corrected chi connectivity index (χ3v) is 5.79. The van der Waals surface area contributed by atoms with Gasteiger partial charge in [0.25, 0.3) is 0 Å². The van der Waals surface area contributed by atoms with Crippen molar-refractivity contribution in [3.05, 3.63) is 100 Å². The topological polar surface area (TPSA) is 63.6 Å². The first-order valence-electron chi connectivity index (χ1n) is 10.6. The van der Waals surface area contributed by atoms with Crippen LogP contribution in [0.4, 0.5) is 0 Å². The quantitative estimate of drug-likeness (QED) is 0.571. The zero-order chi connectivity index (χ0) is 22.9. The summed E-state index contributed by atoms with van der Waals surface area (Å²) in [5.74, 6) is 0. The summed E-state index contributed by atoms with van der Waals surface area (Å²) in [5, 5.41) is 9.41. The summed E-state index contributed by atoms with van der Waals surface area (Å²) in [7, 11) is 1.74. The fraction of sp³-hybridized carbons (Fsp3) is 0.222. The molecule has 0 aliphatic heterocycles. The molecule has 0 saturated heterocycles. The fourth-order valence-electron chi connectivity index (χ4n) is 3.81. The van der Waals surface area contributed by atoms with Gasteiger partial charge < -0.3 is 4.57 Å². The number of hydrogen-bond acceptors (Lipinski definition) is 3. The van der Waals surface area contributed by atoms with Crippen molar-refractivity contribution in [1.82, 2.24) is 14.1 Å². The van der Waals surface area contributed by atoms with E-state index < -0.39 is 5.41 Å². The summed E-state index contributed by atoms with van der Waals surface area (Å²) in [6.45, 7) is 5.88. The minimum atomic E-state index is -0.592. The summed E-state index contributed by atoms with van der Waals surface area (Å²) in [6, 6.07) is 13.9. The zero-order valence-corrected chi connectivity index (χ0v) is 18.8. The Morgan fingerprint density at radius 2 is 1.91 bits per heavy atom. The van der Waals surface area contributed by atoms with E-state index in [2.05, 4.69) is 42.3 Å². The van der Waals surface area contributed by atoms with Crippen LogP contribution in [0.25, 0.3) is 22.6 Å². The second-order valence-electron chi connectivity index (χ2n) is 8.70. The maximum Gasteiger partial charge on any atom is 0.333 e. The maximum atomic E-state index is 13.0. The van der Waals surface area contributed by atoms with Gasteiger partial charge in [0.05, 0.1) is 28.6 Å². The molecule has 0 N–H and O–H groups in total. The minimum Gasteiger partial charge on any atom is -0.301 e. The van der Waals surface area contributed by atoms with Crippen LogP contribution in [-0.4, -0.2) is 14.1 Å². The van der Waals surface area contributed by atoms with Gasteiger partial charge in [-0.1, -0.05) is 42.0 Å². The van der Waals surface area contributed by atoms with Crippen molar-refractivity contribution < 1.29 is 0 Å². The lowest BCUT2D eigenvalue weighted by Gasteiger charge is -2.16. The van der Waals surface area contributed by atoms with E-state index in [-0.39, 0.29) is 5.69 Å². The van der Waals surface area contributed by atoms with Crippen LogP contribution < -0.4 is 5.69 Å². The van der Waals surface area contributed by atoms with Crippen LogP contribution in [0.2, 0.25) is 0 Å². The van der Waals surface area contributed by atoms with Crippen LogP contribution in [0.5, 0.6) is 0 Å². The molecule has 1 aliphatic carbocycles. The van der Waals surface area contributed by atoms with Crippen LogP contribution in [0.3, 0.4) is 0 Å². The van der Waals surface area contributed by atoms with Gasteiger partial charge in [-0.05, 0) is 68.2 Å². The van der Waals surface area contributed by atoms with Gasteiger partial charge in [-0.25, -0.2) is 4.79 Å². The van der Waals surface area contributed by atoms with E-state index in [1.165, 1.54) is 5.57 Å². The molecular formula is C27H26N4O. The van der Waals surface area contributed by atoms with Crippen molar-refractivity contribution in [3.8, 4) is 23.1 Å². The minimum absolute atomic E-state index is 0.146. The van der Waals surface area contributed by atoms with E-state index >= 15 is 0 Å². The van der Waals surface area contributed by atoms with Crippen molar-refractivity contribution in [2.45, 2.75) is 32.6 Å². The number of rotatable bonds is 4. The second kappa shape index (κ2) is 8.32. The highest BCUT2D eigenvalue weighted by Crippen LogP contribution is 2.27. The number of pyridine rings is 1. The molecule has 0 atom stereocenters. The van der Waals surface area contributed by atoms with E-state index in [1.54, 1.807) is 22.4 Å². The Morgan fingerprint density at radius 1 is 1.16 bits per heavy atom. The summed E-state index contributed by atoms with van der Waals surface area (Å²) < 4.78 is 3.23. The van der Waals surface area contributed by atoms with Crippen LogP contribution in [-0.2, 0) is 12.5 Å². The average Bonchev–Trinajstić information content (AvgIpc) is 2.95. The molecular weight excluding hydrogens is 396 g/mol. The van der Waals surface area contributed by atoms with E-state index in [9.17, 15) is 10.1 Å². The SMILES string of the molecule is CC1=CC(c2ccnc(-c3cn(C)c(=O)n3-c3ccc(C(C)(C)C#N)cc3)c2)=CC=CC1. The highest BCUT2D eigenvalue weighted by molar-refractivity contribution is 5.78. The molecule has 0 amide bonds. The van der Waals surface area contributed by atoms with Gasteiger partial charge in [0.2, 0.25) is 0 Å². The van der Waals surface area contributed by atoms with Crippen LogP contribution in [0.15, 0.2) is 83.5 Å². The smallest absolute Gasteiger partial charge is 0.301 e. The van der Waals surface area contributed by atoms with Crippen LogP contribution in [0, 0.1) is 11.3 Å². The average molecular weight is 423 g/mol. The Hall–Kier alpha value is -3.91. The van der Waals surface area contributed by atoms with Gasteiger partial charge in [0, 0.05) is 19.4 Å². The summed E-state index contributed by atoms with van der Waals surface area (Å²) in [4.78, 5) is 17.6. The van der Waals surface area contributed by atoms with Crippen LogP contribution in [0.1, 0.15) is 38.3 Å². The lowest BCUT2D eigenvalue weighted by atomic mass is 9.86. The van der Waals surface area contributed by atoms with Crippen LogP contribution >= 0.6 is 0 Å². The molecule has 0 bridgehead atoms. The summed E-state index contributed by atoms with van der Waals surface area (Å²) >= 11 is 0. The number of aryl methyl sites for hydroxylation is 1. The molecule has 2 heterocycles. The maximum absolute atomic E-state index is 13.0. The number of aromatic nitrogens is 3. The highest BCUT2D eigenvalue weighted by atomic mass is 16.1. The molecule has 0 unspecified atom stereocenters. The van der Waals surface area contributed by atoms with Crippen molar-refractivity contribution in [3.63, 3.8) is 0 Å². The lowest BCUT2D eigenvalue weighted by molar-refractivity contribution is 0.686. The predicted octanol–water partition coefficient (Wildman–Crippen LogP) is 5.33. The standard InChI is InChI=1S/C27H26N4O/c1-19-7-5-6-8-20(15-19)21-13-14-29-24(16-21)25-17-30(4)26(32)31(25)23-11-9-22(10-12-23)27(2,3)18-28/h5-6,8-17H,7H2,1-4H3. The summed E-state index contributed by atoms with van der Waals surface area (Å²) in [6.07, 6.45) is 13.0. The molecule has 160 valence electrons. The van der Waals surface area contributed by atoms with Gasteiger partial charge in [-0.15, -0.1) is 0 Å². The first kappa shape index (κ1) is 21.3. The van der Waals surface area contributed by atoms with Crippen molar-refractivity contribution >= 4 is 5.57 Å². The fourth-order valence-corrected chi connectivity index (χ4v) is 3.81. The zero-order valence-electron chi connectivity index (χ0n) is 18.8. The number of allylic oxidation sites excluding steroid dienone is 6. The molecule has 4 rings (SSSR count). The van der Waals surface area contributed by atoms with Gasteiger partial charge in [-0.3, -0.25) is 9.55 Å². The third kappa shape index (κ3) is 4.00. The number of benzene rings is 1. The number of nitriles is 1. The number of imidazole rings is 1. The molecule has 1 aromatic carbocycles. The van der Waals surface area contributed by atoms with Crippen molar-refractivity contribution in [1.29, 1.82) is 5.26 Å². The Bertz CT molecular complexity index is 1360. The van der Waals surface area contributed by atoms with Crippen molar-refractivity contribution in [2.75, 3.05) is 0 Å². The normalized spacial score (nSPS) is 13.8. The van der Waals surface area contributed by atoms with E-state index in [4.69, 9.17) is 0 Å². The lowest BCUT2D eigenvalue weighted by Crippen LogP contribution is -2.21. The monoisotopic (exact) mass is 422 g/mol. The molecule has 0 fully saturated rings. The first-order chi connectivity index (χ1) is 15.3. The second-order valence-corrected chi connectivity index (χ2v) is 8.70. The third-order valence-electron chi connectivity index (χ3n) is 5.79. The molecule has 3 aromatic rings. The van der Waals surface area contributed by atoms with Gasteiger partial charge in [0.1, 0.15) is 0 Å². The molecule has 0 saturated carbocycles. The van der Waals surface area contributed by atoms with E-state index in [1.807, 2.05) is 56.4 Å². The molecule has 0 radical (unpaired) electrons. The molecule has 1 aliphatic rings. The van der Waals surface area contributed by atoms with E-state index in [0.29, 0.717) is 0 Å². The summed E-state index contributed by atoms with van der Waals surface area (Å²) in [5.41, 5.74) is 5.81. The van der Waals surface area contributed by atoms with E-state index in [0.717, 1.165) is 40.2 Å². The first-order valence-corrected chi connectivity index (χ1v) is 10.6. The highest BCUT2D eigenvalue weighted by Gasteiger charge is 2.20. The molecule has 5 heteroatoms. The van der Waals surface area contributed by atoms with Gasteiger partial charge in [0.15, 0.2) is 0 Å². The number of nitrogens with zero attached hydrogens (tertiary/aromatic N) is 4. The molecule has 5 nitrogen and oxygen atoms in total. The Morgan fingerprint density at radius 3 is 2.62 bits per heavy atom. The Kier molecular flexibility index (Phi) is 5.54. The van der Waals surface area contributed by atoms with Gasteiger partial charge >= 0.3 is 5.69 Å². The predicted molar refractivity (Wildman–Crippen MR) is 128 cm³/mol. The van der Waals surface area contributed by atoms with Gasteiger partial charge in [-0.2, -0.15) is 5.26 Å². The Labute approximate surface area is 188 Å². The van der Waals surface area contributed by atoms with Crippen molar-refractivity contribution in [2.24, 2.45) is 7.05 Å². The largest absolute Gasteiger partial charge is 0.333 e. The Balaban J connectivity index is 1.81. The molecule has 32 heavy (non-hydrogen) atoms. The molecule has 0 spiro atoms. The molecule has 2 aromatic heterocycles. The number of hydrogen-bond donors (Lipinski definition) is 0.